The molecule has 102 valence electrons. The van der Waals surface area contributed by atoms with Crippen molar-refractivity contribution in [2.75, 3.05) is 0 Å². The van der Waals surface area contributed by atoms with Crippen molar-refractivity contribution in [1.82, 2.24) is 19.9 Å². The van der Waals surface area contributed by atoms with Crippen LogP contribution < -0.4 is 0 Å². The molecule has 0 amide bonds. The highest BCUT2D eigenvalue weighted by Gasteiger charge is 2.13. The molecule has 4 nitrogen and oxygen atoms in total. The molecule has 0 saturated carbocycles. The zero-order chi connectivity index (χ0) is 14.3. The zero-order valence-corrected chi connectivity index (χ0v) is 13.5. The van der Waals surface area contributed by atoms with Crippen LogP contribution in [0.2, 0.25) is 5.28 Å². The maximum absolute atomic E-state index is 5.99. The Morgan fingerprint density at radius 3 is 2.40 bits per heavy atom. The van der Waals surface area contributed by atoms with Gasteiger partial charge in [0.05, 0.1) is 0 Å². The Hall–Kier alpha value is -1.24. The minimum atomic E-state index is 0.256. The molecule has 0 aliphatic carbocycles. The van der Waals surface area contributed by atoms with Crippen LogP contribution >= 0.6 is 34.7 Å². The lowest BCUT2D eigenvalue weighted by Gasteiger charge is -2.03. The minimum absolute atomic E-state index is 0.256. The van der Waals surface area contributed by atoms with E-state index < -0.39 is 0 Å². The van der Waals surface area contributed by atoms with E-state index in [0.29, 0.717) is 5.16 Å². The van der Waals surface area contributed by atoms with Crippen LogP contribution in [-0.4, -0.2) is 19.9 Å². The molecule has 0 unspecified atom stereocenters. The lowest BCUT2D eigenvalue weighted by Crippen LogP contribution is -1.94. The normalized spacial score (nSPS) is 11.2. The van der Waals surface area contributed by atoms with Gasteiger partial charge in [0.1, 0.15) is 9.86 Å². The van der Waals surface area contributed by atoms with Gasteiger partial charge in [0.15, 0.2) is 5.16 Å². The summed E-state index contributed by atoms with van der Waals surface area (Å²) in [5.74, 6) is 0. The van der Waals surface area contributed by atoms with Gasteiger partial charge in [-0.25, -0.2) is 19.9 Å². The Morgan fingerprint density at radius 1 is 1.00 bits per heavy atom. The average molecular weight is 323 g/mol. The molecule has 0 N–H and O–H groups in total. The Balaban J connectivity index is 2.09. The summed E-state index contributed by atoms with van der Waals surface area (Å²) in [6.45, 7) is 5.95. The summed E-state index contributed by atoms with van der Waals surface area (Å²) in [6, 6.07) is 4.02. The largest absolute Gasteiger partial charge is 0.228 e. The number of fused-ring (bicyclic) bond motifs is 1. The summed E-state index contributed by atoms with van der Waals surface area (Å²) >= 11 is 9.02. The molecule has 3 aromatic heterocycles. The van der Waals surface area contributed by atoms with Crippen LogP contribution in [0.1, 0.15) is 16.3 Å². The fraction of sp³-hybridized carbons (Fsp3) is 0.231. The summed E-state index contributed by atoms with van der Waals surface area (Å²) in [5, 5.41) is 2.74. The van der Waals surface area contributed by atoms with E-state index >= 15 is 0 Å². The Bertz CT molecular complexity index is 780. The second kappa shape index (κ2) is 5.27. The molecule has 0 aliphatic heterocycles. The number of aryl methyl sites for hydroxylation is 3. The van der Waals surface area contributed by atoms with Crippen molar-refractivity contribution in [3.05, 3.63) is 33.7 Å². The van der Waals surface area contributed by atoms with Crippen LogP contribution in [0.4, 0.5) is 0 Å². The molecule has 0 aromatic carbocycles. The molecule has 0 fully saturated rings. The van der Waals surface area contributed by atoms with E-state index in [2.05, 4.69) is 26.0 Å². The minimum Gasteiger partial charge on any atom is -0.228 e. The van der Waals surface area contributed by atoms with Gasteiger partial charge in [-0.2, -0.15) is 0 Å². The standard InChI is InChI=1S/C13H11ClN4S2/c1-6-4-7(2)16-13(15-6)20-11-9-5-8(3)19-10(9)17-12(14)18-11/h4-5H,1-3H3. The second-order valence-electron chi connectivity index (χ2n) is 4.41. The van der Waals surface area contributed by atoms with Gasteiger partial charge in [0, 0.05) is 21.7 Å². The van der Waals surface area contributed by atoms with Crippen LogP contribution in [0.15, 0.2) is 22.3 Å². The fourth-order valence-corrected chi connectivity index (χ4v) is 4.06. The highest BCUT2D eigenvalue weighted by atomic mass is 35.5. The molecule has 0 atom stereocenters. The second-order valence-corrected chi connectivity index (χ2v) is 6.94. The van der Waals surface area contributed by atoms with E-state index in [4.69, 9.17) is 11.6 Å². The average Bonchev–Trinajstić information content (AvgIpc) is 2.68. The maximum atomic E-state index is 5.99. The van der Waals surface area contributed by atoms with E-state index in [1.807, 2.05) is 26.8 Å². The molecule has 0 spiro atoms. The third-order valence-electron chi connectivity index (χ3n) is 2.60. The van der Waals surface area contributed by atoms with Gasteiger partial charge >= 0.3 is 0 Å². The Morgan fingerprint density at radius 2 is 1.70 bits per heavy atom. The lowest BCUT2D eigenvalue weighted by molar-refractivity contribution is 0.899. The zero-order valence-electron chi connectivity index (χ0n) is 11.1. The first kappa shape index (κ1) is 13.7. The van der Waals surface area contributed by atoms with Gasteiger partial charge in [0.25, 0.3) is 0 Å². The Kier molecular flexibility index (Phi) is 3.62. The van der Waals surface area contributed by atoms with E-state index in [9.17, 15) is 0 Å². The summed E-state index contributed by atoms with van der Waals surface area (Å²) in [5.41, 5.74) is 1.88. The summed E-state index contributed by atoms with van der Waals surface area (Å²) in [4.78, 5) is 19.5. The topological polar surface area (TPSA) is 51.6 Å². The van der Waals surface area contributed by atoms with Gasteiger partial charge in [0.2, 0.25) is 5.28 Å². The van der Waals surface area contributed by atoms with Gasteiger partial charge in [-0.05, 0) is 56.3 Å². The first-order valence-electron chi connectivity index (χ1n) is 5.95. The highest BCUT2D eigenvalue weighted by molar-refractivity contribution is 7.99. The SMILES string of the molecule is Cc1cc(C)nc(Sc2nc(Cl)nc3sc(C)cc23)n1. The number of halogens is 1. The molecular formula is C13H11ClN4S2. The number of aromatic nitrogens is 4. The molecular weight excluding hydrogens is 312 g/mol. The van der Waals surface area contributed by atoms with Gasteiger partial charge in [-0.3, -0.25) is 0 Å². The van der Waals surface area contributed by atoms with Crippen LogP contribution in [0.5, 0.6) is 0 Å². The van der Waals surface area contributed by atoms with E-state index in [1.54, 1.807) is 11.3 Å². The molecule has 0 aliphatic rings. The number of nitrogens with zero attached hydrogens (tertiary/aromatic N) is 4. The van der Waals surface area contributed by atoms with E-state index in [1.165, 1.54) is 16.6 Å². The fourth-order valence-electron chi connectivity index (χ4n) is 1.89. The van der Waals surface area contributed by atoms with Crippen LogP contribution in [-0.2, 0) is 0 Å². The predicted octanol–water partition coefficient (Wildman–Crippen LogP) is 4.21. The molecule has 3 aromatic rings. The van der Waals surface area contributed by atoms with Gasteiger partial charge in [-0.1, -0.05) is 0 Å². The van der Waals surface area contributed by atoms with E-state index in [-0.39, 0.29) is 5.28 Å². The molecule has 0 radical (unpaired) electrons. The predicted molar refractivity (Wildman–Crippen MR) is 82.8 cm³/mol. The lowest BCUT2D eigenvalue weighted by atomic mass is 10.4. The van der Waals surface area contributed by atoms with Crippen molar-refractivity contribution >= 4 is 44.9 Å². The first-order valence-corrected chi connectivity index (χ1v) is 7.96. The molecule has 3 heterocycles. The summed E-state index contributed by atoms with van der Waals surface area (Å²) in [6.07, 6.45) is 0. The molecule has 0 bridgehead atoms. The van der Waals surface area contributed by atoms with Crippen LogP contribution in [0, 0.1) is 20.8 Å². The van der Waals surface area contributed by atoms with E-state index in [0.717, 1.165) is 26.6 Å². The van der Waals surface area contributed by atoms with Crippen molar-refractivity contribution in [2.24, 2.45) is 0 Å². The van der Waals surface area contributed by atoms with Crippen LogP contribution in [0.25, 0.3) is 10.2 Å². The number of hydrogen-bond donors (Lipinski definition) is 0. The summed E-state index contributed by atoms with van der Waals surface area (Å²) in [7, 11) is 0. The van der Waals surface area contributed by atoms with Crippen molar-refractivity contribution in [3.63, 3.8) is 0 Å². The number of rotatable bonds is 2. The first-order chi connectivity index (χ1) is 9.51. The van der Waals surface area contributed by atoms with Gasteiger partial charge in [-0.15, -0.1) is 11.3 Å². The maximum Gasteiger partial charge on any atom is 0.224 e. The number of hydrogen-bond acceptors (Lipinski definition) is 6. The molecule has 7 heteroatoms. The monoisotopic (exact) mass is 322 g/mol. The summed E-state index contributed by atoms with van der Waals surface area (Å²) < 4.78 is 0. The quantitative estimate of drug-likeness (QED) is 0.522. The smallest absolute Gasteiger partial charge is 0.224 e. The van der Waals surface area contributed by atoms with Gasteiger partial charge < -0.3 is 0 Å². The number of thiophene rings is 1. The molecule has 20 heavy (non-hydrogen) atoms. The third-order valence-corrected chi connectivity index (χ3v) is 4.59. The molecule has 0 saturated heterocycles. The van der Waals surface area contributed by atoms with Crippen molar-refractivity contribution in [3.8, 4) is 0 Å². The molecule has 3 rings (SSSR count). The highest BCUT2D eigenvalue weighted by Crippen LogP contribution is 2.34. The van der Waals surface area contributed by atoms with Crippen molar-refractivity contribution < 1.29 is 0 Å². The Labute approximate surface area is 129 Å². The van der Waals surface area contributed by atoms with Crippen molar-refractivity contribution in [1.29, 1.82) is 0 Å². The third kappa shape index (κ3) is 2.77. The van der Waals surface area contributed by atoms with Crippen LogP contribution in [0.3, 0.4) is 0 Å². The van der Waals surface area contributed by atoms with Crippen molar-refractivity contribution in [2.45, 2.75) is 31.0 Å².